The van der Waals surface area contributed by atoms with E-state index in [0.29, 0.717) is 0 Å². The van der Waals surface area contributed by atoms with Gasteiger partial charge in [-0.15, -0.1) is 0 Å². The molecule has 0 unspecified atom stereocenters. The van der Waals surface area contributed by atoms with Crippen molar-refractivity contribution in [2.75, 3.05) is 0 Å². The van der Waals surface area contributed by atoms with Gasteiger partial charge in [0.15, 0.2) is 10.1 Å². The molecule has 0 aromatic heterocycles. The van der Waals surface area contributed by atoms with Crippen LogP contribution in [0.25, 0.3) is 0 Å². The Kier molecular flexibility index (Phi) is 4.17. The Morgan fingerprint density at radius 2 is 1.60 bits per heavy atom. The summed E-state index contributed by atoms with van der Waals surface area (Å²) in [6.07, 6.45) is -4.98. The van der Waals surface area contributed by atoms with Crippen LogP contribution in [0.3, 0.4) is 0 Å². The SMILES string of the molecule is N=C(N)Sc1c([N+](=O)[O-])cc(C(F)(F)F)cc1[N+](=O)[O-]. The van der Waals surface area contributed by atoms with Gasteiger partial charge in [-0.25, -0.2) is 0 Å². The van der Waals surface area contributed by atoms with E-state index in [1.165, 1.54) is 0 Å². The van der Waals surface area contributed by atoms with Gasteiger partial charge in [0.05, 0.1) is 15.4 Å². The van der Waals surface area contributed by atoms with Crippen LogP contribution in [0.2, 0.25) is 0 Å². The lowest BCUT2D eigenvalue weighted by atomic mass is 10.1. The lowest BCUT2D eigenvalue weighted by molar-refractivity contribution is -0.400. The maximum absolute atomic E-state index is 12.5. The summed E-state index contributed by atoms with van der Waals surface area (Å²) >= 11 is 0.138. The van der Waals surface area contributed by atoms with E-state index in [0.717, 1.165) is 0 Å². The molecule has 0 spiro atoms. The van der Waals surface area contributed by atoms with Crippen molar-refractivity contribution < 1.29 is 23.0 Å². The highest BCUT2D eigenvalue weighted by Gasteiger charge is 2.37. The van der Waals surface area contributed by atoms with Crippen molar-refractivity contribution in [2.24, 2.45) is 5.73 Å². The summed E-state index contributed by atoms with van der Waals surface area (Å²) in [5.41, 5.74) is 1.18. The third-order valence-electron chi connectivity index (χ3n) is 1.98. The first-order valence-electron chi connectivity index (χ1n) is 4.60. The Bertz CT molecular complexity index is 569. The van der Waals surface area contributed by atoms with Gasteiger partial charge in [-0.2, -0.15) is 13.2 Å². The first-order chi connectivity index (χ1) is 9.04. The Balaban J connectivity index is 3.67. The van der Waals surface area contributed by atoms with Crippen LogP contribution in [-0.4, -0.2) is 15.0 Å². The van der Waals surface area contributed by atoms with Crippen molar-refractivity contribution in [3.05, 3.63) is 37.9 Å². The second-order valence-electron chi connectivity index (χ2n) is 3.32. The van der Waals surface area contributed by atoms with Gasteiger partial charge in [0.2, 0.25) is 0 Å². The highest BCUT2D eigenvalue weighted by molar-refractivity contribution is 8.13. The monoisotopic (exact) mass is 310 g/mol. The predicted molar refractivity (Wildman–Crippen MR) is 62.5 cm³/mol. The van der Waals surface area contributed by atoms with Gasteiger partial charge < -0.3 is 5.73 Å². The number of nitrogens with two attached hydrogens (primary N) is 1. The standard InChI is InChI=1S/C8H5F3N4O4S/c9-8(10,11)3-1-4(14(16)17)6(20-7(12)13)5(2-3)15(18)19/h1-2H,(H3,12,13). The first kappa shape index (κ1) is 15.7. The van der Waals surface area contributed by atoms with Gasteiger partial charge in [-0.3, -0.25) is 25.6 Å². The smallest absolute Gasteiger partial charge is 0.378 e. The van der Waals surface area contributed by atoms with E-state index in [2.05, 4.69) is 0 Å². The zero-order valence-electron chi connectivity index (χ0n) is 9.30. The van der Waals surface area contributed by atoms with E-state index in [9.17, 15) is 33.4 Å². The molecule has 0 saturated heterocycles. The summed E-state index contributed by atoms with van der Waals surface area (Å²) in [6, 6.07) is 0.330. The zero-order valence-corrected chi connectivity index (χ0v) is 10.1. The minimum Gasteiger partial charge on any atom is -0.378 e. The van der Waals surface area contributed by atoms with E-state index in [1.54, 1.807) is 0 Å². The molecular weight excluding hydrogens is 305 g/mol. The molecule has 0 atom stereocenters. The van der Waals surface area contributed by atoms with Gasteiger partial charge in [0.1, 0.15) is 0 Å². The van der Waals surface area contributed by atoms with Crippen LogP contribution in [0.15, 0.2) is 17.0 Å². The van der Waals surface area contributed by atoms with Crippen LogP contribution < -0.4 is 5.73 Å². The number of halogens is 3. The highest BCUT2D eigenvalue weighted by atomic mass is 32.2. The maximum Gasteiger partial charge on any atom is 0.416 e. The van der Waals surface area contributed by atoms with Gasteiger partial charge in [0, 0.05) is 12.1 Å². The van der Waals surface area contributed by atoms with Crippen molar-refractivity contribution in [1.29, 1.82) is 5.41 Å². The maximum atomic E-state index is 12.5. The summed E-state index contributed by atoms with van der Waals surface area (Å²) in [6.45, 7) is 0. The Morgan fingerprint density at radius 1 is 1.20 bits per heavy atom. The van der Waals surface area contributed by atoms with Gasteiger partial charge in [-0.05, 0) is 11.8 Å². The van der Waals surface area contributed by atoms with Crippen LogP contribution in [0.5, 0.6) is 0 Å². The van der Waals surface area contributed by atoms with Crippen molar-refractivity contribution in [3.8, 4) is 0 Å². The van der Waals surface area contributed by atoms with Gasteiger partial charge >= 0.3 is 6.18 Å². The molecule has 3 N–H and O–H groups in total. The number of nitro benzene ring substituents is 2. The van der Waals surface area contributed by atoms with E-state index in [-0.39, 0.29) is 23.9 Å². The topological polar surface area (TPSA) is 136 Å². The molecule has 0 radical (unpaired) electrons. The fraction of sp³-hybridized carbons (Fsp3) is 0.125. The minimum atomic E-state index is -4.98. The van der Waals surface area contributed by atoms with Gasteiger partial charge in [-0.1, -0.05) is 0 Å². The largest absolute Gasteiger partial charge is 0.416 e. The molecule has 8 nitrogen and oxygen atoms in total. The molecule has 0 bridgehead atoms. The molecule has 0 amide bonds. The molecule has 12 heteroatoms. The van der Waals surface area contributed by atoms with Crippen LogP contribution in [-0.2, 0) is 6.18 Å². The van der Waals surface area contributed by atoms with Crippen molar-refractivity contribution in [3.63, 3.8) is 0 Å². The van der Waals surface area contributed by atoms with Crippen LogP contribution >= 0.6 is 11.8 Å². The number of alkyl halides is 3. The molecular formula is C8H5F3N4O4S. The van der Waals surface area contributed by atoms with E-state index in [4.69, 9.17) is 11.1 Å². The molecule has 0 fully saturated rings. The summed E-state index contributed by atoms with van der Waals surface area (Å²) < 4.78 is 37.6. The summed E-state index contributed by atoms with van der Waals surface area (Å²) in [5.74, 6) is 0. The van der Waals surface area contributed by atoms with Crippen molar-refractivity contribution in [1.82, 2.24) is 0 Å². The van der Waals surface area contributed by atoms with Crippen LogP contribution in [0.1, 0.15) is 5.56 Å². The number of hydrogen-bond acceptors (Lipinski definition) is 6. The second kappa shape index (κ2) is 5.32. The summed E-state index contributed by atoms with van der Waals surface area (Å²) in [4.78, 5) is 18.4. The molecule has 1 rings (SSSR count). The fourth-order valence-corrected chi connectivity index (χ4v) is 1.94. The number of rotatable bonds is 3. The van der Waals surface area contributed by atoms with Crippen molar-refractivity contribution in [2.45, 2.75) is 11.1 Å². The Hall–Kier alpha value is -2.37. The average Bonchev–Trinajstić information content (AvgIpc) is 2.25. The zero-order chi connectivity index (χ0) is 15.7. The van der Waals surface area contributed by atoms with Gasteiger partial charge in [0.25, 0.3) is 11.4 Å². The molecule has 20 heavy (non-hydrogen) atoms. The number of nitro groups is 2. The van der Waals surface area contributed by atoms with E-state index < -0.39 is 43.0 Å². The molecule has 0 heterocycles. The van der Waals surface area contributed by atoms with E-state index >= 15 is 0 Å². The quantitative estimate of drug-likeness (QED) is 0.289. The molecule has 1 aromatic carbocycles. The third-order valence-corrected chi connectivity index (χ3v) is 2.82. The van der Waals surface area contributed by atoms with Crippen LogP contribution in [0.4, 0.5) is 24.5 Å². The molecule has 0 aliphatic carbocycles. The number of thioether (sulfide) groups is 1. The lowest BCUT2D eigenvalue weighted by Gasteiger charge is -2.09. The normalized spacial score (nSPS) is 11.2. The lowest BCUT2D eigenvalue weighted by Crippen LogP contribution is -2.10. The second-order valence-corrected chi connectivity index (χ2v) is 4.37. The average molecular weight is 310 g/mol. The first-order valence-corrected chi connectivity index (χ1v) is 5.41. The number of nitrogens with one attached hydrogen (secondary N) is 1. The summed E-state index contributed by atoms with van der Waals surface area (Å²) in [7, 11) is 0. The molecule has 0 aliphatic heterocycles. The Labute approximate surface area is 112 Å². The molecule has 108 valence electrons. The van der Waals surface area contributed by atoms with Crippen LogP contribution in [0, 0.1) is 25.6 Å². The van der Waals surface area contributed by atoms with Crippen molar-refractivity contribution >= 4 is 28.3 Å². The third kappa shape index (κ3) is 3.34. The highest BCUT2D eigenvalue weighted by Crippen LogP contribution is 2.42. The number of hydrogen-bond donors (Lipinski definition) is 2. The minimum absolute atomic E-state index is 0.138. The van der Waals surface area contributed by atoms with E-state index in [1.807, 2.05) is 0 Å². The molecule has 0 aliphatic rings. The summed E-state index contributed by atoms with van der Waals surface area (Å²) in [5, 5.41) is 27.7. The number of nitrogens with zero attached hydrogens (tertiary/aromatic N) is 2. The fourth-order valence-electron chi connectivity index (χ4n) is 1.25. The molecule has 0 saturated carbocycles. The Morgan fingerprint density at radius 3 is 1.85 bits per heavy atom. The predicted octanol–water partition coefficient (Wildman–Crippen LogP) is 2.51. The number of benzene rings is 1. The number of amidine groups is 1. The molecule has 1 aromatic rings.